The minimum atomic E-state index is -0.236. The summed E-state index contributed by atoms with van der Waals surface area (Å²) in [6.45, 7) is 3.02. The second kappa shape index (κ2) is 9.06. The second-order valence-electron chi connectivity index (χ2n) is 7.43. The molecular weight excluding hydrogens is 408 g/mol. The molecular formula is C22H26N8O2. The SMILES string of the molecule is CCC(=O)Cn1c(=O)n(Cc2nc3ccccc3n2CCN(N)/N=C\N)c2ccccc21. The van der Waals surface area contributed by atoms with E-state index in [1.165, 1.54) is 9.69 Å². The standard InChI is InChI=1S/C22H26N8O2/c1-2-16(31)13-28-19-9-5-6-10-20(19)29(22(28)32)14-21-26-17-7-3-4-8-18(17)27(21)11-12-30(24)25-15-23/h3-10,15H,2,11-14,24H2,1H3,(H2,23,25). The minimum absolute atomic E-state index is 0.00531. The van der Waals surface area contributed by atoms with Gasteiger partial charge in [-0.15, -0.1) is 0 Å². The predicted molar refractivity (Wildman–Crippen MR) is 124 cm³/mol. The monoisotopic (exact) mass is 434 g/mol. The predicted octanol–water partition coefficient (Wildman–Crippen LogP) is 1.26. The maximum absolute atomic E-state index is 13.3. The number of hydrogen-bond acceptors (Lipinski definition) is 6. The lowest BCUT2D eigenvalue weighted by molar-refractivity contribution is -0.119. The van der Waals surface area contributed by atoms with Gasteiger partial charge in [0, 0.05) is 13.0 Å². The molecule has 0 spiro atoms. The highest BCUT2D eigenvalue weighted by Gasteiger charge is 2.18. The van der Waals surface area contributed by atoms with Crippen LogP contribution in [0.1, 0.15) is 19.2 Å². The number of aromatic nitrogens is 4. The van der Waals surface area contributed by atoms with Crippen molar-refractivity contribution in [2.75, 3.05) is 6.54 Å². The number of hydrazone groups is 1. The number of nitrogens with zero attached hydrogens (tertiary/aromatic N) is 6. The van der Waals surface area contributed by atoms with E-state index in [-0.39, 0.29) is 24.6 Å². The van der Waals surface area contributed by atoms with Gasteiger partial charge in [-0.05, 0) is 24.3 Å². The lowest BCUT2D eigenvalue weighted by Crippen LogP contribution is -2.31. The zero-order valence-corrected chi connectivity index (χ0v) is 17.9. The van der Waals surface area contributed by atoms with Crippen LogP contribution < -0.4 is 17.3 Å². The first-order valence-corrected chi connectivity index (χ1v) is 10.4. The molecule has 4 rings (SSSR count). The van der Waals surface area contributed by atoms with Crippen LogP contribution in [-0.4, -0.2) is 42.5 Å². The van der Waals surface area contributed by atoms with Crippen molar-refractivity contribution < 1.29 is 4.79 Å². The normalized spacial score (nSPS) is 11.7. The summed E-state index contributed by atoms with van der Waals surface area (Å²) in [5.74, 6) is 6.56. The fourth-order valence-corrected chi connectivity index (χ4v) is 3.85. The number of para-hydroxylation sites is 4. The molecule has 2 aromatic heterocycles. The van der Waals surface area contributed by atoms with Gasteiger partial charge in [0.1, 0.15) is 12.2 Å². The van der Waals surface area contributed by atoms with E-state index in [0.717, 1.165) is 28.4 Å². The highest BCUT2D eigenvalue weighted by atomic mass is 16.2. The van der Waals surface area contributed by atoms with E-state index in [2.05, 4.69) is 5.10 Å². The summed E-state index contributed by atoms with van der Waals surface area (Å²) < 4.78 is 5.22. The molecule has 0 saturated carbocycles. The summed E-state index contributed by atoms with van der Waals surface area (Å²) in [5.41, 5.74) is 8.33. The Bertz CT molecular complexity index is 1350. The van der Waals surface area contributed by atoms with Gasteiger partial charge in [-0.25, -0.2) is 20.7 Å². The lowest BCUT2D eigenvalue weighted by Gasteiger charge is -2.14. The van der Waals surface area contributed by atoms with Crippen LogP contribution in [0.15, 0.2) is 58.4 Å². The molecule has 0 atom stereocenters. The van der Waals surface area contributed by atoms with Crippen molar-refractivity contribution in [1.29, 1.82) is 0 Å². The first-order chi connectivity index (χ1) is 15.5. The van der Waals surface area contributed by atoms with Crippen molar-refractivity contribution in [3.8, 4) is 0 Å². The number of benzene rings is 2. The molecule has 10 heteroatoms. The maximum Gasteiger partial charge on any atom is 0.329 e. The van der Waals surface area contributed by atoms with Crippen LogP contribution in [0.4, 0.5) is 0 Å². The van der Waals surface area contributed by atoms with Gasteiger partial charge in [0.2, 0.25) is 0 Å². The molecule has 2 aromatic carbocycles. The van der Waals surface area contributed by atoms with Crippen LogP contribution in [0.25, 0.3) is 22.1 Å². The molecule has 0 aliphatic carbocycles. The summed E-state index contributed by atoms with van der Waals surface area (Å²) in [6.07, 6.45) is 1.52. The summed E-state index contributed by atoms with van der Waals surface area (Å²) in [4.78, 5) is 30.2. The van der Waals surface area contributed by atoms with E-state index in [4.69, 9.17) is 16.6 Å². The van der Waals surface area contributed by atoms with Gasteiger partial charge >= 0.3 is 5.69 Å². The second-order valence-corrected chi connectivity index (χ2v) is 7.43. The van der Waals surface area contributed by atoms with E-state index in [9.17, 15) is 9.59 Å². The van der Waals surface area contributed by atoms with Crippen LogP contribution in [0.2, 0.25) is 0 Å². The molecule has 0 bridgehead atoms. The van der Waals surface area contributed by atoms with E-state index < -0.39 is 0 Å². The molecule has 0 unspecified atom stereocenters. The lowest BCUT2D eigenvalue weighted by atomic mass is 10.3. The average Bonchev–Trinajstić information content (AvgIpc) is 3.28. The summed E-state index contributed by atoms with van der Waals surface area (Å²) in [6, 6.07) is 15.3. The number of nitrogens with two attached hydrogens (primary N) is 2. The summed E-state index contributed by atoms with van der Waals surface area (Å²) in [7, 11) is 0. The third kappa shape index (κ3) is 4.00. The first-order valence-electron chi connectivity index (χ1n) is 10.4. The molecule has 4 aromatic rings. The van der Waals surface area contributed by atoms with Gasteiger partial charge in [-0.3, -0.25) is 13.9 Å². The Morgan fingerprint density at radius 1 is 1.06 bits per heavy atom. The molecule has 0 amide bonds. The average molecular weight is 435 g/mol. The third-order valence-electron chi connectivity index (χ3n) is 5.45. The van der Waals surface area contributed by atoms with Crippen molar-refractivity contribution in [1.82, 2.24) is 23.8 Å². The van der Waals surface area contributed by atoms with Crippen LogP contribution in [0.5, 0.6) is 0 Å². The Morgan fingerprint density at radius 2 is 1.72 bits per heavy atom. The van der Waals surface area contributed by atoms with E-state index in [0.29, 0.717) is 25.3 Å². The zero-order chi connectivity index (χ0) is 22.7. The molecule has 166 valence electrons. The van der Waals surface area contributed by atoms with Gasteiger partial charge in [-0.2, -0.15) is 5.10 Å². The molecule has 2 heterocycles. The third-order valence-corrected chi connectivity index (χ3v) is 5.45. The Morgan fingerprint density at radius 3 is 2.41 bits per heavy atom. The van der Waals surface area contributed by atoms with Gasteiger partial charge in [0.25, 0.3) is 0 Å². The molecule has 32 heavy (non-hydrogen) atoms. The number of hydrogen-bond donors (Lipinski definition) is 2. The van der Waals surface area contributed by atoms with E-state index >= 15 is 0 Å². The highest BCUT2D eigenvalue weighted by Crippen LogP contribution is 2.19. The number of carbonyl (C=O) groups excluding carboxylic acids is 1. The van der Waals surface area contributed by atoms with Crippen molar-refractivity contribution in [3.05, 3.63) is 64.8 Å². The molecule has 0 radical (unpaired) electrons. The largest absolute Gasteiger partial charge is 0.388 e. The summed E-state index contributed by atoms with van der Waals surface area (Å²) in [5, 5.41) is 5.11. The van der Waals surface area contributed by atoms with Crippen molar-refractivity contribution >= 4 is 34.2 Å². The number of Topliss-reactive ketones (excluding diaryl/α,β-unsaturated/α-hetero) is 1. The summed E-state index contributed by atoms with van der Waals surface area (Å²) >= 11 is 0. The van der Waals surface area contributed by atoms with Gasteiger partial charge in [-0.1, -0.05) is 31.2 Å². The quantitative estimate of drug-likeness (QED) is 0.177. The number of hydrazine groups is 1. The Labute approximate surface area is 184 Å². The number of fused-ring (bicyclic) bond motifs is 2. The van der Waals surface area contributed by atoms with Gasteiger partial charge in [0.05, 0.1) is 41.7 Å². The van der Waals surface area contributed by atoms with Gasteiger partial charge < -0.3 is 10.3 Å². The smallest absolute Gasteiger partial charge is 0.329 e. The Kier molecular flexibility index (Phi) is 6.04. The number of carbonyl (C=O) groups is 1. The Balaban J connectivity index is 1.78. The maximum atomic E-state index is 13.3. The number of ketones is 1. The van der Waals surface area contributed by atoms with Crippen molar-refractivity contribution in [3.63, 3.8) is 0 Å². The fraction of sp³-hybridized carbons (Fsp3) is 0.273. The van der Waals surface area contributed by atoms with E-state index in [1.807, 2.05) is 53.1 Å². The number of rotatable bonds is 9. The first kappa shape index (κ1) is 21.3. The molecule has 0 fully saturated rings. The molecule has 0 aliphatic rings. The molecule has 10 nitrogen and oxygen atoms in total. The van der Waals surface area contributed by atoms with Crippen molar-refractivity contribution in [2.45, 2.75) is 33.0 Å². The zero-order valence-electron chi connectivity index (χ0n) is 17.9. The molecule has 4 N–H and O–H groups in total. The van der Waals surface area contributed by atoms with Crippen LogP contribution in [-0.2, 0) is 24.4 Å². The minimum Gasteiger partial charge on any atom is -0.388 e. The molecule has 0 aliphatic heterocycles. The molecule has 0 saturated heterocycles. The number of imidazole rings is 2. The highest BCUT2D eigenvalue weighted by molar-refractivity contribution is 5.82. The van der Waals surface area contributed by atoms with Gasteiger partial charge in [0.15, 0.2) is 5.78 Å². The Hall–Kier alpha value is -3.92. The van der Waals surface area contributed by atoms with Crippen LogP contribution in [0.3, 0.4) is 0 Å². The van der Waals surface area contributed by atoms with Crippen molar-refractivity contribution in [2.24, 2.45) is 16.7 Å². The van der Waals surface area contributed by atoms with Crippen LogP contribution >= 0.6 is 0 Å². The topological polar surface area (TPSA) is 129 Å². The van der Waals surface area contributed by atoms with E-state index in [1.54, 1.807) is 11.5 Å². The van der Waals surface area contributed by atoms with Crippen LogP contribution in [0, 0.1) is 0 Å². The fourth-order valence-electron chi connectivity index (χ4n) is 3.85.